The standard InChI is InChI=1S/C12H16ClN3O/c1-3-6-14-11(9-4-5-10(13)17-9)12-15-7-8-16(12)2/h4-5,7-8,11,14H,3,6H2,1-2H3. The van der Waals surface area contributed by atoms with Gasteiger partial charge in [0.05, 0.1) is 0 Å². The third-order valence-electron chi connectivity index (χ3n) is 2.59. The summed E-state index contributed by atoms with van der Waals surface area (Å²) in [7, 11) is 1.97. The first-order chi connectivity index (χ1) is 8.22. The van der Waals surface area contributed by atoms with Crippen LogP contribution in [0.3, 0.4) is 0 Å². The minimum absolute atomic E-state index is 0.0533. The monoisotopic (exact) mass is 253 g/mol. The third kappa shape index (κ3) is 2.70. The molecule has 0 amide bonds. The van der Waals surface area contributed by atoms with Gasteiger partial charge in [0.1, 0.15) is 17.6 Å². The Labute approximate surface area is 106 Å². The summed E-state index contributed by atoms with van der Waals surface area (Å²) in [5.74, 6) is 1.71. The van der Waals surface area contributed by atoms with E-state index in [-0.39, 0.29) is 6.04 Å². The fraction of sp³-hybridized carbons (Fsp3) is 0.417. The van der Waals surface area contributed by atoms with Gasteiger partial charge in [0.2, 0.25) is 0 Å². The number of aromatic nitrogens is 2. The van der Waals surface area contributed by atoms with Crippen LogP contribution in [-0.2, 0) is 7.05 Å². The van der Waals surface area contributed by atoms with Crippen LogP contribution in [0.1, 0.15) is 31.0 Å². The fourth-order valence-corrected chi connectivity index (χ4v) is 1.90. The number of imidazole rings is 1. The normalized spacial score (nSPS) is 12.9. The maximum absolute atomic E-state index is 5.82. The van der Waals surface area contributed by atoms with Gasteiger partial charge in [-0.15, -0.1) is 0 Å². The summed E-state index contributed by atoms with van der Waals surface area (Å²) >= 11 is 5.82. The Balaban J connectivity index is 2.28. The number of hydrogen-bond acceptors (Lipinski definition) is 3. The Morgan fingerprint density at radius 3 is 2.88 bits per heavy atom. The maximum Gasteiger partial charge on any atom is 0.193 e. The molecule has 2 aromatic rings. The number of nitrogens with one attached hydrogen (secondary N) is 1. The summed E-state index contributed by atoms with van der Waals surface area (Å²) < 4.78 is 7.45. The van der Waals surface area contributed by atoms with Crippen LogP contribution in [0.15, 0.2) is 28.9 Å². The molecule has 1 N–H and O–H groups in total. The van der Waals surface area contributed by atoms with E-state index in [4.69, 9.17) is 16.0 Å². The van der Waals surface area contributed by atoms with Crippen molar-refractivity contribution < 1.29 is 4.42 Å². The van der Waals surface area contributed by atoms with Crippen LogP contribution in [0.2, 0.25) is 5.22 Å². The largest absolute Gasteiger partial charge is 0.448 e. The molecule has 5 heteroatoms. The number of rotatable bonds is 5. The molecule has 1 unspecified atom stereocenters. The van der Waals surface area contributed by atoms with Gasteiger partial charge in [-0.2, -0.15) is 0 Å². The second kappa shape index (κ2) is 5.38. The first-order valence-electron chi connectivity index (χ1n) is 5.68. The van der Waals surface area contributed by atoms with E-state index < -0.39 is 0 Å². The lowest BCUT2D eigenvalue weighted by Gasteiger charge is -2.15. The van der Waals surface area contributed by atoms with Crippen LogP contribution < -0.4 is 5.32 Å². The van der Waals surface area contributed by atoms with Crippen LogP contribution in [-0.4, -0.2) is 16.1 Å². The average Bonchev–Trinajstić information content (AvgIpc) is 2.90. The summed E-state index contributed by atoms with van der Waals surface area (Å²) in [6, 6.07) is 3.58. The molecule has 0 spiro atoms. The Morgan fingerprint density at radius 2 is 2.35 bits per heavy atom. The van der Waals surface area contributed by atoms with Crippen molar-refractivity contribution >= 4 is 11.6 Å². The Bertz CT molecular complexity index is 478. The van der Waals surface area contributed by atoms with Crippen molar-refractivity contribution in [1.82, 2.24) is 14.9 Å². The Hall–Kier alpha value is -1.26. The van der Waals surface area contributed by atoms with Crippen molar-refractivity contribution in [2.75, 3.05) is 6.54 Å². The Kier molecular flexibility index (Phi) is 3.86. The van der Waals surface area contributed by atoms with Gasteiger partial charge in [-0.25, -0.2) is 4.98 Å². The highest BCUT2D eigenvalue weighted by molar-refractivity contribution is 6.28. The van der Waals surface area contributed by atoms with Gasteiger partial charge in [-0.1, -0.05) is 6.92 Å². The molecule has 0 aliphatic rings. The van der Waals surface area contributed by atoms with Crippen LogP contribution in [0.5, 0.6) is 0 Å². The van der Waals surface area contributed by atoms with Crippen molar-refractivity contribution in [3.8, 4) is 0 Å². The van der Waals surface area contributed by atoms with Crippen LogP contribution in [0, 0.1) is 0 Å². The van der Waals surface area contributed by atoms with Gasteiger partial charge < -0.3 is 14.3 Å². The summed E-state index contributed by atoms with van der Waals surface area (Å²) in [6.07, 6.45) is 4.75. The van der Waals surface area contributed by atoms with Crippen molar-refractivity contribution in [2.24, 2.45) is 7.05 Å². The zero-order chi connectivity index (χ0) is 12.3. The fourth-order valence-electron chi connectivity index (χ4n) is 1.75. The van der Waals surface area contributed by atoms with Crippen LogP contribution in [0.4, 0.5) is 0 Å². The van der Waals surface area contributed by atoms with Gasteiger partial charge in [0.25, 0.3) is 0 Å². The highest BCUT2D eigenvalue weighted by Gasteiger charge is 2.20. The van der Waals surface area contributed by atoms with E-state index in [1.54, 1.807) is 12.3 Å². The lowest BCUT2D eigenvalue weighted by atomic mass is 10.2. The highest BCUT2D eigenvalue weighted by Crippen LogP contribution is 2.24. The zero-order valence-corrected chi connectivity index (χ0v) is 10.7. The average molecular weight is 254 g/mol. The predicted octanol–water partition coefficient (Wildman–Crippen LogP) is 2.76. The minimum atomic E-state index is -0.0533. The van der Waals surface area contributed by atoms with Gasteiger partial charge in [-0.05, 0) is 36.7 Å². The van der Waals surface area contributed by atoms with E-state index in [1.807, 2.05) is 23.9 Å². The SMILES string of the molecule is CCCNC(c1ccc(Cl)o1)c1nccn1C. The first kappa shape index (κ1) is 12.2. The predicted molar refractivity (Wildman–Crippen MR) is 67.1 cm³/mol. The van der Waals surface area contributed by atoms with Crippen LogP contribution in [0.25, 0.3) is 0 Å². The number of furan rings is 1. The van der Waals surface area contributed by atoms with Crippen molar-refractivity contribution in [3.05, 3.63) is 41.3 Å². The molecule has 17 heavy (non-hydrogen) atoms. The second-order valence-corrected chi connectivity index (χ2v) is 4.30. The lowest BCUT2D eigenvalue weighted by Crippen LogP contribution is -2.25. The van der Waals surface area contributed by atoms with Crippen molar-refractivity contribution in [1.29, 1.82) is 0 Å². The minimum Gasteiger partial charge on any atom is -0.448 e. The number of nitrogens with zero attached hydrogens (tertiary/aromatic N) is 2. The molecule has 0 aromatic carbocycles. The van der Waals surface area contributed by atoms with E-state index in [2.05, 4.69) is 17.2 Å². The quantitative estimate of drug-likeness (QED) is 0.891. The lowest BCUT2D eigenvalue weighted by molar-refractivity contribution is 0.431. The molecule has 0 aliphatic heterocycles. The molecule has 92 valence electrons. The van der Waals surface area contributed by atoms with E-state index in [0.29, 0.717) is 5.22 Å². The maximum atomic E-state index is 5.82. The molecule has 0 saturated heterocycles. The van der Waals surface area contributed by atoms with Crippen molar-refractivity contribution in [3.63, 3.8) is 0 Å². The number of halogens is 1. The summed E-state index contributed by atoms with van der Waals surface area (Å²) in [6.45, 7) is 3.02. The van der Waals surface area contributed by atoms with E-state index >= 15 is 0 Å². The summed E-state index contributed by atoms with van der Waals surface area (Å²) in [4.78, 5) is 4.35. The molecule has 4 nitrogen and oxygen atoms in total. The summed E-state index contributed by atoms with van der Waals surface area (Å²) in [5, 5.41) is 3.81. The number of hydrogen-bond donors (Lipinski definition) is 1. The van der Waals surface area contributed by atoms with Gasteiger partial charge in [0.15, 0.2) is 5.22 Å². The van der Waals surface area contributed by atoms with Gasteiger partial charge in [0, 0.05) is 19.4 Å². The Morgan fingerprint density at radius 1 is 1.53 bits per heavy atom. The van der Waals surface area contributed by atoms with Gasteiger partial charge >= 0.3 is 0 Å². The first-order valence-corrected chi connectivity index (χ1v) is 6.06. The van der Waals surface area contributed by atoms with Gasteiger partial charge in [-0.3, -0.25) is 0 Å². The third-order valence-corrected chi connectivity index (χ3v) is 2.80. The molecule has 2 rings (SSSR count). The van der Waals surface area contributed by atoms with E-state index in [9.17, 15) is 0 Å². The molecule has 1 atom stereocenters. The molecule has 0 fully saturated rings. The molecule has 0 aliphatic carbocycles. The van der Waals surface area contributed by atoms with E-state index in [0.717, 1.165) is 24.6 Å². The molecule has 2 aromatic heterocycles. The van der Waals surface area contributed by atoms with Crippen LogP contribution >= 0.6 is 11.6 Å². The number of aryl methyl sites for hydroxylation is 1. The van der Waals surface area contributed by atoms with E-state index in [1.165, 1.54) is 0 Å². The molecule has 0 bridgehead atoms. The molecule has 0 saturated carbocycles. The molecular weight excluding hydrogens is 238 g/mol. The van der Waals surface area contributed by atoms with Crippen molar-refractivity contribution in [2.45, 2.75) is 19.4 Å². The topological polar surface area (TPSA) is 43.0 Å². The molecule has 0 radical (unpaired) electrons. The second-order valence-electron chi connectivity index (χ2n) is 3.93. The highest BCUT2D eigenvalue weighted by atomic mass is 35.5. The smallest absolute Gasteiger partial charge is 0.193 e. The zero-order valence-electron chi connectivity index (χ0n) is 9.98. The molecule has 2 heterocycles. The summed E-state index contributed by atoms with van der Waals surface area (Å²) in [5.41, 5.74) is 0. The molecular formula is C12H16ClN3O.